The van der Waals surface area contributed by atoms with Gasteiger partial charge in [-0.1, -0.05) is 11.6 Å². The average Bonchev–Trinajstić information content (AvgIpc) is 2.71. The van der Waals surface area contributed by atoms with Gasteiger partial charge in [0.1, 0.15) is 11.6 Å². The van der Waals surface area contributed by atoms with E-state index in [-0.39, 0.29) is 52.5 Å². The van der Waals surface area contributed by atoms with Gasteiger partial charge in [-0.25, -0.2) is 4.39 Å². The third-order valence-corrected chi connectivity index (χ3v) is 7.50. The fourth-order valence-corrected chi connectivity index (χ4v) is 5.92. The van der Waals surface area contributed by atoms with Gasteiger partial charge in [0.2, 0.25) is 5.91 Å². The highest BCUT2D eigenvalue weighted by molar-refractivity contribution is 6.30. The molecule has 7 nitrogen and oxygen atoms in total. The van der Waals surface area contributed by atoms with Crippen molar-refractivity contribution in [3.05, 3.63) is 29.0 Å². The SMILES string of the molecule is O=C(COc1ccc(Cl)c(F)c1)NC12CC(NC(=O)C3CCC4CCCNC4N3)(C1)C2. The smallest absolute Gasteiger partial charge is 0.258 e. The zero-order valence-electron chi connectivity index (χ0n) is 17.3. The molecule has 6 rings (SSSR count). The Morgan fingerprint density at radius 2 is 1.94 bits per heavy atom. The van der Waals surface area contributed by atoms with Crippen molar-refractivity contribution in [2.75, 3.05) is 13.2 Å². The molecule has 3 unspecified atom stereocenters. The third kappa shape index (κ3) is 4.13. The molecule has 2 aliphatic heterocycles. The van der Waals surface area contributed by atoms with Crippen LogP contribution in [0, 0.1) is 11.7 Å². The maximum atomic E-state index is 13.5. The number of amides is 2. The summed E-state index contributed by atoms with van der Waals surface area (Å²) in [5.74, 6) is 0.113. The van der Waals surface area contributed by atoms with Crippen molar-refractivity contribution >= 4 is 23.4 Å². The zero-order chi connectivity index (χ0) is 21.6. The molecule has 0 spiro atoms. The molecule has 0 radical (unpaired) electrons. The number of carbonyl (C=O) groups excluding carboxylic acids is 2. The zero-order valence-corrected chi connectivity index (χ0v) is 18.1. The van der Waals surface area contributed by atoms with Crippen LogP contribution in [0.15, 0.2) is 18.2 Å². The maximum Gasteiger partial charge on any atom is 0.258 e. The van der Waals surface area contributed by atoms with Gasteiger partial charge in [-0.05, 0) is 69.5 Å². The number of rotatable bonds is 6. The Morgan fingerprint density at radius 3 is 2.71 bits per heavy atom. The van der Waals surface area contributed by atoms with Crippen molar-refractivity contribution in [3.63, 3.8) is 0 Å². The molecular weight excluding hydrogens is 423 g/mol. The number of halogens is 2. The molecule has 31 heavy (non-hydrogen) atoms. The maximum absolute atomic E-state index is 13.5. The Labute approximate surface area is 185 Å². The normalized spacial score (nSPS) is 35.7. The summed E-state index contributed by atoms with van der Waals surface area (Å²) in [5, 5.41) is 13.2. The molecule has 2 saturated heterocycles. The molecular formula is C22H28ClFN4O3. The molecule has 168 valence electrons. The van der Waals surface area contributed by atoms with E-state index in [0.29, 0.717) is 5.92 Å². The minimum Gasteiger partial charge on any atom is -0.484 e. The number of carbonyl (C=O) groups is 2. The summed E-state index contributed by atoms with van der Waals surface area (Å²) in [5.41, 5.74) is -0.446. The van der Waals surface area contributed by atoms with E-state index in [0.717, 1.165) is 44.7 Å². The molecule has 3 saturated carbocycles. The monoisotopic (exact) mass is 450 g/mol. The minimum atomic E-state index is -0.584. The van der Waals surface area contributed by atoms with Gasteiger partial charge in [0.05, 0.1) is 17.2 Å². The van der Waals surface area contributed by atoms with E-state index in [4.69, 9.17) is 16.3 Å². The molecule has 3 atom stereocenters. The predicted octanol–water partition coefficient (Wildman–Crippen LogP) is 1.84. The number of fused-ring (bicyclic) bond motifs is 1. The van der Waals surface area contributed by atoms with Crippen LogP contribution in [-0.4, -0.2) is 48.3 Å². The first-order valence-corrected chi connectivity index (χ1v) is 11.4. The van der Waals surface area contributed by atoms with Crippen molar-refractivity contribution in [3.8, 4) is 5.75 Å². The van der Waals surface area contributed by atoms with Crippen LogP contribution >= 0.6 is 11.6 Å². The lowest BCUT2D eigenvalue weighted by atomic mass is 9.44. The number of hydrogen-bond donors (Lipinski definition) is 4. The Hall–Kier alpha value is -1.90. The second-order valence-corrected chi connectivity index (χ2v) is 10.0. The van der Waals surface area contributed by atoms with E-state index in [1.54, 1.807) is 0 Å². The molecule has 2 amide bonds. The fraction of sp³-hybridized carbons (Fsp3) is 0.636. The van der Waals surface area contributed by atoms with E-state index in [2.05, 4.69) is 21.3 Å². The largest absolute Gasteiger partial charge is 0.484 e. The number of hydrogen-bond acceptors (Lipinski definition) is 5. The predicted molar refractivity (Wildman–Crippen MR) is 113 cm³/mol. The Morgan fingerprint density at radius 1 is 1.16 bits per heavy atom. The fourth-order valence-electron chi connectivity index (χ4n) is 5.80. The average molecular weight is 451 g/mol. The Bertz CT molecular complexity index is 878. The molecule has 5 aliphatic rings. The number of benzene rings is 1. The molecule has 2 bridgehead atoms. The van der Waals surface area contributed by atoms with E-state index in [9.17, 15) is 14.0 Å². The minimum absolute atomic E-state index is 0.0104. The second kappa shape index (κ2) is 7.90. The molecule has 9 heteroatoms. The van der Waals surface area contributed by atoms with E-state index < -0.39 is 5.82 Å². The van der Waals surface area contributed by atoms with Gasteiger partial charge in [0.25, 0.3) is 5.91 Å². The third-order valence-electron chi connectivity index (χ3n) is 7.19. The summed E-state index contributed by atoms with van der Waals surface area (Å²) in [7, 11) is 0. The van der Waals surface area contributed by atoms with Crippen molar-refractivity contribution in [1.82, 2.24) is 21.3 Å². The molecule has 2 heterocycles. The quantitative estimate of drug-likeness (QED) is 0.531. The van der Waals surface area contributed by atoms with Gasteiger partial charge < -0.3 is 20.7 Å². The van der Waals surface area contributed by atoms with E-state index in [1.807, 2.05) is 0 Å². The summed E-state index contributed by atoms with van der Waals surface area (Å²) < 4.78 is 18.8. The summed E-state index contributed by atoms with van der Waals surface area (Å²) in [6, 6.07) is 3.92. The van der Waals surface area contributed by atoms with Crippen LogP contribution in [0.3, 0.4) is 0 Å². The topological polar surface area (TPSA) is 91.5 Å². The number of piperidine rings is 2. The van der Waals surface area contributed by atoms with Gasteiger partial charge in [0.15, 0.2) is 6.61 Å². The standard InChI is InChI=1S/C22H28ClFN4O3/c23-15-5-4-14(8-16(15)24)31-9-18(29)27-21-10-22(11-21,12-21)28-20(30)17-6-3-13-2-1-7-25-19(13)26-17/h4-5,8,13,17,19,25-26H,1-3,6-7,9-12H2,(H,27,29)(H,28,30). The van der Waals surface area contributed by atoms with Crippen LogP contribution < -0.4 is 26.0 Å². The van der Waals surface area contributed by atoms with E-state index in [1.165, 1.54) is 25.0 Å². The molecule has 1 aromatic carbocycles. The summed E-state index contributed by atoms with van der Waals surface area (Å²) in [4.78, 5) is 25.0. The highest BCUT2D eigenvalue weighted by Crippen LogP contribution is 2.60. The number of nitrogens with one attached hydrogen (secondary N) is 4. The van der Waals surface area contributed by atoms with Crippen molar-refractivity contribution in [1.29, 1.82) is 0 Å². The first-order chi connectivity index (χ1) is 14.9. The van der Waals surface area contributed by atoms with Crippen LogP contribution in [0.4, 0.5) is 4.39 Å². The highest BCUT2D eigenvalue weighted by atomic mass is 35.5. The van der Waals surface area contributed by atoms with Crippen LogP contribution in [0.5, 0.6) is 5.75 Å². The van der Waals surface area contributed by atoms with E-state index >= 15 is 0 Å². The molecule has 1 aromatic rings. The molecule has 5 fully saturated rings. The van der Waals surface area contributed by atoms with Crippen LogP contribution in [0.2, 0.25) is 5.02 Å². The van der Waals surface area contributed by atoms with Gasteiger partial charge >= 0.3 is 0 Å². The van der Waals surface area contributed by atoms with Crippen LogP contribution in [0.1, 0.15) is 44.9 Å². The van der Waals surface area contributed by atoms with Crippen molar-refractivity contribution in [2.24, 2.45) is 5.92 Å². The molecule has 3 aliphatic carbocycles. The summed E-state index contributed by atoms with van der Waals surface area (Å²) >= 11 is 5.64. The first kappa shape index (κ1) is 21.0. The second-order valence-electron chi connectivity index (χ2n) is 9.62. The Balaban J connectivity index is 1.05. The first-order valence-electron chi connectivity index (χ1n) is 11.1. The lowest BCUT2D eigenvalue weighted by Crippen LogP contribution is -2.84. The number of ether oxygens (including phenoxy) is 1. The highest BCUT2D eigenvalue weighted by Gasteiger charge is 2.69. The van der Waals surface area contributed by atoms with Crippen molar-refractivity contribution < 1.29 is 18.7 Å². The van der Waals surface area contributed by atoms with Crippen LogP contribution in [-0.2, 0) is 9.59 Å². The van der Waals surface area contributed by atoms with Gasteiger partial charge in [0, 0.05) is 17.1 Å². The lowest BCUT2D eigenvalue weighted by molar-refractivity contribution is -0.152. The van der Waals surface area contributed by atoms with Gasteiger partial charge in [-0.15, -0.1) is 0 Å². The summed E-state index contributed by atoms with van der Waals surface area (Å²) in [6.45, 7) is 0.815. The molecule has 4 N–H and O–H groups in total. The van der Waals surface area contributed by atoms with Crippen LogP contribution in [0.25, 0.3) is 0 Å². The molecule has 0 aromatic heterocycles. The van der Waals surface area contributed by atoms with Gasteiger partial charge in [-0.3, -0.25) is 14.9 Å². The Kier molecular flexibility index (Phi) is 5.35. The summed E-state index contributed by atoms with van der Waals surface area (Å²) in [6.07, 6.45) is 6.84. The lowest BCUT2D eigenvalue weighted by Gasteiger charge is -2.70. The van der Waals surface area contributed by atoms with Crippen molar-refractivity contribution in [2.45, 2.75) is 68.2 Å². The van der Waals surface area contributed by atoms with Gasteiger partial charge in [-0.2, -0.15) is 0 Å².